The van der Waals surface area contributed by atoms with Gasteiger partial charge in [0.25, 0.3) is 0 Å². The molecule has 1 aliphatic heterocycles. The van der Waals surface area contributed by atoms with E-state index in [1.807, 2.05) is 17.4 Å². The van der Waals surface area contributed by atoms with Crippen LogP contribution in [0.15, 0.2) is 35.7 Å². The maximum absolute atomic E-state index is 6.45. The first-order valence-corrected chi connectivity index (χ1v) is 8.75. The van der Waals surface area contributed by atoms with Crippen LogP contribution in [0, 0.1) is 12.8 Å². The van der Waals surface area contributed by atoms with Gasteiger partial charge in [0.15, 0.2) is 0 Å². The van der Waals surface area contributed by atoms with Crippen molar-refractivity contribution in [1.29, 1.82) is 0 Å². The summed E-state index contributed by atoms with van der Waals surface area (Å²) in [5.41, 5.74) is 3.63. The number of thiophene rings is 1. The van der Waals surface area contributed by atoms with Gasteiger partial charge in [0, 0.05) is 10.8 Å². The molecule has 0 bridgehead atoms. The summed E-state index contributed by atoms with van der Waals surface area (Å²) in [6.07, 6.45) is 5.73. The van der Waals surface area contributed by atoms with E-state index < -0.39 is 0 Å². The summed E-state index contributed by atoms with van der Waals surface area (Å²) >= 11 is 14.5. The third kappa shape index (κ3) is 2.04. The highest BCUT2D eigenvalue weighted by Gasteiger charge is 2.39. The second kappa shape index (κ2) is 5.05. The Morgan fingerprint density at radius 1 is 1.24 bits per heavy atom. The number of halogens is 2. The molecule has 2 aromatic rings. The summed E-state index contributed by atoms with van der Waals surface area (Å²) in [5.74, 6) is 0.995. The SMILES string of the molecule is Cc1ccsc1C1Nc2c(ccc(Cl)c2Cl)C2C=CCC21. The van der Waals surface area contributed by atoms with E-state index in [1.54, 1.807) is 0 Å². The van der Waals surface area contributed by atoms with Crippen LogP contribution in [-0.4, -0.2) is 0 Å². The van der Waals surface area contributed by atoms with Gasteiger partial charge in [-0.05, 0) is 47.9 Å². The second-order valence-electron chi connectivity index (χ2n) is 5.77. The quantitative estimate of drug-likeness (QED) is 0.612. The van der Waals surface area contributed by atoms with Crippen LogP contribution < -0.4 is 5.32 Å². The largest absolute Gasteiger partial charge is 0.376 e. The molecule has 2 aliphatic rings. The van der Waals surface area contributed by atoms with Crippen molar-refractivity contribution < 1.29 is 0 Å². The van der Waals surface area contributed by atoms with Gasteiger partial charge in [0.2, 0.25) is 0 Å². The molecule has 1 N–H and O–H groups in total. The third-order valence-corrected chi connectivity index (χ3v) is 6.52. The van der Waals surface area contributed by atoms with E-state index in [1.165, 1.54) is 16.0 Å². The highest BCUT2D eigenvalue weighted by atomic mass is 35.5. The lowest BCUT2D eigenvalue weighted by atomic mass is 9.78. The molecule has 0 saturated carbocycles. The predicted molar refractivity (Wildman–Crippen MR) is 91.9 cm³/mol. The highest BCUT2D eigenvalue weighted by molar-refractivity contribution is 7.10. The molecule has 4 rings (SSSR count). The van der Waals surface area contributed by atoms with Crippen molar-refractivity contribution in [3.05, 3.63) is 61.8 Å². The average molecular weight is 336 g/mol. The molecule has 1 nitrogen and oxygen atoms in total. The first-order valence-electron chi connectivity index (χ1n) is 7.12. The molecule has 108 valence electrons. The van der Waals surface area contributed by atoms with E-state index in [2.05, 4.69) is 41.9 Å². The second-order valence-corrected chi connectivity index (χ2v) is 7.50. The zero-order valence-corrected chi connectivity index (χ0v) is 13.9. The standard InChI is InChI=1S/C17H15Cl2NS/c1-9-7-8-21-17(9)16-11-4-2-3-10(11)12-5-6-13(18)14(19)15(12)20-16/h2-3,5-8,10-11,16,20H,4H2,1H3. The van der Waals surface area contributed by atoms with Crippen LogP contribution in [0.2, 0.25) is 10.0 Å². The van der Waals surface area contributed by atoms with E-state index >= 15 is 0 Å². The molecule has 0 radical (unpaired) electrons. The first kappa shape index (κ1) is 13.7. The lowest BCUT2D eigenvalue weighted by Crippen LogP contribution is -2.29. The monoisotopic (exact) mass is 335 g/mol. The number of aryl methyl sites for hydroxylation is 1. The van der Waals surface area contributed by atoms with Crippen LogP contribution in [0.4, 0.5) is 5.69 Å². The van der Waals surface area contributed by atoms with Gasteiger partial charge in [-0.15, -0.1) is 11.3 Å². The minimum atomic E-state index is 0.313. The number of anilines is 1. The summed E-state index contributed by atoms with van der Waals surface area (Å²) in [7, 11) is 0. The smallest absolute Gasteiger partial charge is 0.0826 e. The van der Waals surface area contributed by atoms with Crippen molar-refractivity contribution in [2.24, 2.45) is 5.92 Å². The first-order chi connectivity index (χ1) is 10.2. The Bertz CT molecular complexity index is 734. The van der Waals surface area contributed by atoms with Crippen molar-refractivity contribution in [3.63, 3.8) is 0 Å². The highest BCUT2D eigenvalue weighted by Crippen LogP contribution is 2.53. The van der Waals surface area contributed by atoms with Crippen molar-refractivity contribution in [2.45, 2.75) is 25.3 Å². The van der Waals surface area contributed by atoms with Crippen LogP contribution >= 0.6 is 34.5 Å². The summed E-state index contributed by atoms with van der Waals surface area (Å²) in [5, 5.41) is 7.10. The number of hydrogen-bond acceptors (Lipinski definition) is 2. The average Bonchev–Trinajstić information content (AvgIpc) is 3.11. The molecule has 1 aliphatic carbocycles. The maximum atomic E-state index is 6.45. The molecule has 4 heteroatoms. The Labute approximate surface area is 138 Å². The molecule has 0 fully saturated rings. The topological polar surface area (TPSA) is 12.0 Å². The number of rotatable bonds is 1. The van der Waals surface area contributed by atoms with Crippen molar-refractivity contribution in [2.75, 3.05) is 5.32 Å². The number of nitrogens with one attached hydrogen (secondary N) is 1. The molecule has 3 atom stereocenters. The molecule has 0 amide bonds. The Kier molecular flexibility index (Phi) is 3.29. The molecular weight excluding hydrogens is 321 g/mol. The summed E-state index contributed by atoms with van der Waals surface area (Å²) in [4.78, 5) is 1.41. The van der Waals surface area contributed by atoms with Crippen molar-refractivity contribution >= 4 is 40.2 Å². The minimum absolute atomic E-state index is 0.313. The molecular formula is C17H15Cl2NS. The van der Waals surface area contributed by atoms with Crippen LogP contribution in [0.25, 0.3) is 0 Å². The van der Waals surface area contributed by atoms with Crippen LogP contribution in [0.1, 0.15) is 34.4 Å². The summed E-state index contributed by atoms with van der Waals surface area (Å²) in [6, 6.07) is 6.52. The van der Waals surface area contributed by atoms with Crippen molar-refractivity contribution in [1.82, 2.24) is 0 Å². The van der Waals surface area contributed by atoms with E-state index in [9.17, 15) is 0 Å². The van der Waals surface area contributed by atoms with Crippen LogP contribution in [0.3, 0.4) is 0 Å². The fourth-order valence-corrected chi connectivity index (χ4v) is 5.00. The zero-order valence-electron chi connectivity index (χ0n) is 11.6. The zero-order chi connectivity index (χ0) is 14.6. The van der Waals surface area contributed by atoms with Gasteiger partial charge >= 0.3 is 0 Å². The van der Waals surface area contributed by atoms with Gasteiger partial charge < -0.3 is 5.32 Å². The number of hydrogen-bond donors (Lipinski definition) is 1. The van der Waals surface area contributed by atoms with Gasteiger partial charge in [0.05, 0.1) is 21.8 Å². The van der Waals surface area contributed by atoms with Gasteiger partial charge in [0.1, 0.15) is 0 Å². The molecule has 0 saturated heterocycles. The van der Waals surface area contributed by atoms with E-state index in [0.717, 1.165) is 12.1 Å². The van der Waals surface area contributed by atoms with E-state index in [-0.39, 0.29) is 0 Å². The number of allylic oxidation sites excluding steroid dienone is 2. The fraction of sp³-hybridized carbons (Fsp3) is 0.294. The molecule has 21 heavy (non-hydrogen) atoms. The molecule has 1 aromatic carbocycles. The fourth-order valence-electron chi connectivity index (χ4n) is 3.56. The summed E-state index contributed by atoms with van der Waals surface area (Å²) < 4.78 is 0. The van der Waals surface area contributed by atoms with Gasteiger partial charge in [-0.25, -0.2) is 0 Å². The lowest BCUT2D eigenvalue weighted by Gasteiger charge is -2.37. The Morgan fingerprint density at radius 2 is 2.10 bits per heavy atom. The maximum Gasteiger partial charge on any atom is 0.0826 e. The molecule has 1 aromatic heterocycles. The van der Waals surface area contributed by atoms with Crippen molar-refractivity contribution in [3.8, 4) is 0 Å². The Balaban J connectivity index is 1.87. The van der Waals surface area contributed by atoms with Crippen LogP contribution in [0.5, 0.6) is 0 Å². The normalized spacial score (nSPS) is 26.3. The van der Waals surface area contributed by atoms with Gasteiger partial charge in [-0.3, -0.25) is 0 Å². The number of fused-ring (bicyclic) bond motifs is 3. The molecule has 0 spiro atoms. The Morgan fingerprint density at radius 3 is 2.86 bits per heavy atom. The number of benzene rings is 1. The summed E-state index contributed by atoms with van der Waals surface area (Å²) in [6.45, 7) is 2.18. The predicted octanol–water partition coefficient (Wildman–Crippen LogP) is 6.19. The van der Waals surface area contributed by atoms with E-state index in [0.29, 0.717) is 27.9 Å². The molecule has 3 unspecified atom stereocenters. The Hall–Kier alpha value is -0.960. The minimum Gasteiger partial charge on any atom is -0.376 e. The van der Waals surface area contributed by atoms with Gasteiger partial charge in [-0.1, -0.05) is 41.4 Å². The van der Waals surface area contributed by atoms with Gasteiger partial charge in [-0.2, -0.15) is 0 Å². The van der Waals surface area contributed by atoms with Crippen LogP contribution in [-0.2, 0) is 0 Å². The molecule has 2 heterocycles. The lowest BCUT2D eigenvalue weighted by molar-refractivity contribution is 0.429. The third-order valence-electron chi connectivity index (χ3n) is 4.61. The van der Waals surface area contributed by atoms with E-state index in [4.69, 9.17) is 23.2 Å².